The first-order valence-corrected chi connectivity index (χ1v) is 10.8. The highest BCUT2D eigenvalue weighted by Crippen LogP contribution is 2.17. The summed E-state index contributed by atoms with van der Waals surface area (Å²) in [5.41, 5.74) is 2.29. The van der Waals surface area contributed by atoms with Crippen LogP contribution in [-0.4, -0.2) is 84.1 Å². The fraction of sp³-hybridized carbons (Fsp3) is 0.545. The number of guanidine groups is 1. The number of likely N-dealkylation sites (tertiary alicyclic amines) is 1. The number of aromatic nitrogens is 2. The zero-order valence-corrected chi connectivity index (χ0v) is 20.1. The number of aliphatic imine (C=N–C) groups is 1. The molecule has 1 aromatic heterocycles. The van der Waals surface area contributed by atoms with Gasteiger partial charge in [0.25, 0.3) is 0 Å². The molecule has 1 aromatic carbocycles. The van der Waals surface area contributed by atoms with Gasteiger partial charge in [-0.05, 0) is 37.5 Å². The van der Waals surface area contributed by atoms with E-state index in [9.17, 15) is 0 Å². The minimum atomic E-state index is 0. The van der Waals surface area contributed by atoms with E-state index in [0.717, 1.165) is 70.6 Å². The molecule has 0 amide bonds. The molecule has 0 bridgehead atoms. The van der Waals surface area contributed by atoms with Crippen molar-refractivity contribution >= 4 is 29.9 Å². The number of para-hydroxylation sites is 1. The van der Waals surface area contributed by atoms with Crippen LogP contribution >= 0.6 is 24.0 Å². The fourth-order valence-electron chi connectivity index (χ4n) is 4.10. The second-order valence-electron chi connectivity index (χ2n) is 7.65. The summed E-state index contributed by atoms with van der Waals surface area (Å²) < 4.78 is 7.43. The number of hydrogen-bond donors (Lipinski definition) is 1. The highest BCUT2D eigenvalue weighted by Gasteiger charge is 2.30. The molecule has 1 atom stereocenters. The predicted molar refractivity (Wildman–Crippen MR) is 131 cm³/mol. The largest absolute Gasteiger partial charge is 0.379 e. The number of morpholine rings is 1. The second kappa shape index (κ2) is 11.7. The lowest BCUT2D eigenvalue weighted by molar-refractivity contribution is 0.0195. The van der Waals surface area contributed by atoms with Crippen molar-refractivity contribution in [1.82, 2.24) is 24.9 Å². The van der Waals surface area contributed by atoms with Gasteiger partial charge in [0.05, 0.1) is 25.1 Å². The lowest BCUT2D eigenvalue weighted by Crippen LogP contribution is -2.46. The summed E-state index contributed by atoms with van der Waals surface area (Å²) in [5, 5.41) is 7.96. The van der Waals surface area contributed by atoms with E-state index in [1.165, 1.54) is 12.0 Å². The number of nitrogens with one attached hydrogen (secondary N) is 1. The minimum absolute atomic E-state index is 0. The zero-order chi connectivity index (χ0) is 19.9. The Kier molecular flexibility index (Phi) is 8.95. The molecule has 2 saturated heterocycles. The maximum Gasteiger partial charge on any atom is 0.193 e. The fourth-order valence-corrected chi connectivity index (χ4v) is 4.10. The third kappa shape index (κ3) is 5.95. The van der Waals surface area contributed by atoms with Crippen molar-refractivity contribution in [3.8, 4) is 5.69 Å². The molecule has 1 N–H and O–H groups in total. The molecular weight excluding hydrogens is 491 g/mol. The van der Waals surface area contributed by atoms with Crippen molar-refractivity contribution in [3.05, 3.63) is 48.3 Å². The highest BCUT2D eigenvalue weighted by molar-refractivity contribution is 14.0. The standard InChI is InChI=1S/C22H32N6O.HI/c1-2-23-22(27-11-9-21(18-27)26-12-14-29-15-13-26)24-10-8-19-16-25-28(17-19)20-6-4-3-5-7-20;/h3-7,16-17,21H,2,8-15,18H2,1H3,(H,23,24);1H. The molecule has 3 heterocycles. The summed E-state index contributed by atoms with van der Waals surface area (Å²) in [6.07, 6.45) is 6.14. The van der Waals surface area contributed by atoms with E-state index in [1.54, 1.807) is 0 Å². The van der Waals surface area contributed by atoms with Crippen molar-refractivity contribution in [3.63, 3.8) is 0 Å². The molecule has 30 heavy (non-hydrogen) atoms. The first-order chi connectivity index (χ1) is 14.3. The Labute approximate surface area is 196 Å². The summed E-state index contributed by atoms with van der Waals surface area (Å²) in [4.78, 5) is 9.89. The van der Waals surface area contributed by atoms with Gasteiger partial charge in [-0.25, -0.2) is 4.68 Å². The first kappa shape index (κ1) is 23.0. The lowest BCUT2D eigenvalue weighted by atomic mass is 10.2. The van der Waals surface area contributed by atoms with Crippen LogP contribution in [0.1, 0.15) is 18.9 Å². The number of hydrogen-bond acceptors (Lipinski definition) is 4. The summed E-state index contributed by atoms with van der Waals surface area (Å²) in [6, 6.07) is 10.8. The van der Waals surface area contributed by atoms with Gasteiger partial charge in [0.2, 0.25) is 0 Å². The van der Waals surface area contributed by atoms with Crippen molar-refractivity contribution in [2.45, 2.75) is 25.8 Å². The Morgan fingerprint density at radius 2 is 2.00 bits per heavy atom. The SMILES string of the molecule is CCNC(=NCCc1cnn(-c2ccccc2)c1)N1CCC(N2CCOCC2)C1.I. The van der Waals surface area contributed by atoms with Gasteiger partial charge in [0, 0.05) is 51.5 Å². The van der Waals surface area contributed by atoms with Crippen molar-refractivity contribution in [1.29, 1.82) is 0 Å². The van der Waals surface area contributed by atoms with E-state index >= 15 is 0 Å². The van der Waals surface area contributed by atoms with Gasteiger partial charge in [-0.15, -0.1) is 24.0 Å². The molecular formula is C22H33IN6O. The molecule has 2 aliphatic heterocycles. The molecule has 1 unspecified atom stereocenters. The van der Waals surface area contributed by atoms with Gasteiger partial charge < -0.3 is 15.0 Å². The van der Waals surface area contributed by atoms with Crippen LogP contribution in [-0.2, 0) is 11.2 Å². The van der Waals surface area contributed by atoms with Gasteiger partial charge in [-0.2, -0.15) is 5.10 Å². The lowest BCUT2D eigenvalue weighted by Gasteiger charge is -2.32. The molecule has 7 nitrogen and oxygen atoms in total. The van der Waals surface area contributed by atoms with Crippen LogP contribution < -0.4 is 5.32 Å². The van der Waals surface area contributed by atoms with Gasteiger partial charge in [-0.1, -0.05) is 18.2 Å². The number of halogens is 1. The molecule has 2 aromatic rings. The van der Waals surface area contributed by atoms with E-state index in [2.05, 4.69) is 45.5 Å². The van der Waals surface area contributed by atoms with Gasteiger partial charge in [0.1, 0.15) is 0 Å². The topological polar surface area (TPSA) is 57.9 Å². The third-order valence-corrected chi connectivity index (χ3v) is 5.68. The third-order valence-electron chi connectivity index (χ3n) is 5.68. The normalized spacial score (nSPS) is 20.2. The van der Waals surface area contributed by atoms with Crippen LogP contribution in [0.25, 0.3) is 5.69 Å². The number of ether oxygens (including phenoxy) is 1. The van der Waals surface area contributed by atoms with Crippen molar-refractivity contribution in [2.24, 2.45) is 4.99 Å². The molecule has 2 aliphatic rings. The number of rotatable bonds is 6. The smallest absolute Gasteiger partial charge is 0.193 e. The Bertz CT molecular complexity index is 790. The maximum atomic E-state index is 5.50. The summed E-state index contributed by atoms with van der Waals surface area (Å²) in [7, 11) is 0. The summed E-state index contributed by atoms with van der Waals surface area (Å²) >= 11 is 0. The number of nitrogens with zero attached hydrogens (tertiary/aromatic N) is 5. The molecule has 0 spiro atoms. The van der Waals surface area contributed by atoms with Gasteiger partial charge in [-0.3, -0.25) is 9.89 Å². The maximum absolute atomic E-state index is 5.50. The van der Waals surface area contributed by atoms with Crippen LogP contribution in [0.5, 0.6) is 0 Å². The Balaban J connectivity index is 0.00000256. The quantitative estimate of drug-likeness (QED) is 0.358. The predicted octanol–water partition coefficient (Wildman–Crippen LogP) is 2.40. The Morgan fingerprint density at radius 3 is 2.77 bits per heavy atom. The average molecular weight is 524 g/mol. The molecule has 164 valence electrons. The molecule has 2 fully saturated rings. The zero-order valence-electron chi connectivity index (χ0n) is 17.7. The Hall–Kier alpha value is -1.65. The monoisotopic (exact) mass is 524 g/mol. The van der Waals surface area contributed by atoms with E-state index in [4.69, 9.17) is 9.73 Å². The van der Waals surface area contributed by atoms with E-state index in [1.807, 2.05) is 29.1 Å². The molecule has 0 aliphatic carbocycles. The molecule has 8 heteroatoms. The van der Waals surface area contributed by atoms with Crippen molar-refractivity contribution in [2.75, 3.05) is 52.5 Å². The summed E-state index contributed by atoms with van der Waals surface area (Å²) in [6.45, 7) is 9.75. The van der Waals surface area contributed by atoms with Crippen LogP contribution in [0.3, 0.4) is 0 Å². The van der Waals surface area contributed by atoms with Crippen LogP contribution in [0, 0.1) is 0 Å². The van der Waals surface area contributed by atoms with Gasteiger partial charge >= 0.3 is 0 Å². The summed E-state index contributed by atoms with van der Waals surface area (Å²) in [5.74, 6) is 1.04. The van der Waals surface area contributed by atoms with E-state index in [0.29, 0.717) is 6.04 Å². The van der Waals surface area contributed by atoms with Crippen LogP contribution in [0.2, 0.25) is 0 Å². The van der Waals surface area contributed by atoms with Crippen LogP contribution in [0.4, 0.5) is 0 Å². The molecule has 0 radical (unpaired) electrons. The van der Waals surface area contributed by atoms with Crippen LogP contribution in [0.15, 0.2) is 47.7 Å². The molecule has 0 saturated carbocycles. The minimum Gasteiger partial charge on any atom is -0.379 e. The van der Waals surface area contributed by atoms with Gasteiger partial charge in [0.15, 0.2) is 5.96 Å². The van der Waals surface area contributed by atoms with E-state index < -0.39 is 0 Å². The van der Waals surface area contributed by atoms with E-state index in [-0.39, 0.29) is 24.0 Å². The average Bonchev–Trinajstić information content (AvgIpc) is 3.45. The highest BCUT2D eigenvalue weighted by atomic mass is 127. The molecule has 4 rings (SSSR count). The Morgan fingerprint density at radius 1 is 1.20 bits per heavy atom. The second-order valence-corrected chi connectivity index (χ2v) is 7.65. The first-order valence-electron chi connectivity index (χ1n) is 10.8. The van der Waals surface area contributed by atoms with Crippen molar-refractivity contribution < 1.29 is 4.74 Å². The number of benzene rings is 1.